The van der Waals surface area contributed by atoms with E-state index in [4.69, 9.17) is 0 Å². The number of aliphatic hydroxyl groups excluding tert-OH is 1. The predicted molar refractivity (Wildman–Crippen MR) is 58.4 cm³/mol. The maximum Gasteiger partial charge on any atom is 0.223 e. The second kappa shape index (κ2) is 4.98. The summed E-state index contributed by atoms with van der Waals surface area (Å²) < 4.78 is 1.91. The van der Waals surface area contributed by atoms with Crippen molar-refractivity contribution < 1.29 is 9.90 Å². The molecular weight excluding hydrogens is 192 g/mol. The largest absolute Gasteiger partial charge is 0.387 e. The second-order valence-electron chi connectivity index (χ2n) is 3.84. The summed E-state index contributed by atoms with van der Waals surface area (Å²) >= 11 is 0. The molecule has 0 aliphatic heterocycles. The van der Waals surface area contributed by atoms with E-state index in [-0.39, 0.29) is 5.91 Å². The minimum Gasteiger partial charge on any atom is -0.387 e. The number of nitrogens with zero attached hydrogens (tertiary/aromatic N) is 2. The smallest absolute Gasteiger partial charge is 0.223 e. The molecule has 84 valence electrons. The van der Waals surface area contributed by atoms with Gasteiger partial charge in [-0.15, -0.1) is 0 Å². The van der Waals surface area contributed by atoms with Gasteiger partial charge in [0.2, 0.25) is 5.91 Å². The Morgan fingerprint density at radius 2 is 2.27 bits per heavy atom. The third kappa shape index (κ3) is 3.09. The molecule has 4 nitrogen and oxygen atoms in total. The van der Waals surface area contributed by atoms with Crippen LogP contribution in [0.15, 0.2) is 18.3 Å². The summed E-state index contributed by atoms with van der Waals surface area (Å²) in [7, 11) is 3.49. The van der Waals surface area contributed by atoms with Crippen molar-refractivity contribution in [2.24, 2.45) is 0 Å². The highest BCUT2D eigenvalue weighted by Gasteiger charge is 2.08. The summed E-state index contributed by atoms with van der Waals surface area (Å²) in [5.74, 6) is 0.0974. The normalized spacial score (nSPS) is 12.5. The van der Waals surface area contributed by atoms with E-state index in [1.165, 1.54) is 0 Å². The molecule has 0 aromatic carbocycles. The Kier molecular flexibility index (Phi) is 3.91. The molecule has 1 rings (SSSR count). The van der Waals surface area contributed by atoms with Crippen molar-refractivity contribution in [1.29, 1.82) is 0 Å². The molecule has 0 bridgehead atoms. The van der Waals surface area contributed by atoms with Gasteiger partial charge in [0.05, 0.1) is 6.10 Å². The summed E-state index contributed by atoms with van der Waals surface area (Å²) in [6.07, 6.45) is 1.85. The molecule has 1 amide bonds. The summed E-state index contributed by atoms with van der Waals surface area (Å²) in [5.41, 5.74) is 0.849. The average Bonchev–Trinajstić information content (AvgIpc) is 2.61. The Labute approximate surface area is 90.1 Å². The van der Waals surface area contributed by atoms with Gasteiger partial charge in [-0.3, -0.25) is 4.79 Å². The van der Waals surface area contributed by atoms with Crippen molar-refractivity contribution in [2.75, 3.05) is 14.1 Å². The Morgan fingerprint density at radius 3 is 2.80 bits per heavy atom. The molecule has 0 spiro atoms. The Morgan fingerprint density at radius 1 is 1.60 bits per heavy atom. The van der Waals surface area contributed by atoms with Gasteiger partial charge in [0.1, 0.15) is 0 Å². The van der Waals surface area contributed by atoms with Crippen LogP contribution in [-0.4, -0.2) is 34.6 Å². The van der Waals surface area contributed by atoms with Gasteiger partial charge in [-0.25, -0.2) is 0 Å². The molecule has 0 fully saturated rings. The van der Waals surface area contributed by atoms with Gasteiger partial charge < -0.3 is 14.6 Å². The predicted octanol–water partition coefficient (Wildman–Crippen LogP) is 1.02. The molecule has 0 radical (unpaired) electrons. The number of amides is 1. The highest BCUT2D eigenvalue weighted by Crippen LogP contribution is 2.13. The maximum absolute atomic E-state index is 11.4. The first-order valence-electron chi connectivity index (χ1n) is 5.05. The molecule has 1 heterocycles. The fourth-order valence-corrected chi connectivity index (χ4v) is 1.45. The first-order chi connectivity index (χ1) is 7.02. The van der Waals surface area contributed by atoms with Crippen molar-refractivity contribution in [1.82, 2.24) is 9.47 Å². The average molecular weight is 210 g/mol. The first-order valence-corrected chi connectivity index (χ1v) is 5.05. The molecule has 15 heavy (non-hydrogen) atoms. The lowest BCUT2D eigenvalue weighted by Crippen LogP contribution is -2.23. The van der Waals surface area contributed by atoms with E-state index in [0.29, 0.717) is 13.0 Å². The van der Waals surface area contributed by atoms with Gasteiger partial charge in [-0.1, -0.05) is 0 Å². The monoisotopic (exact) mass is 210 g/mol. The number of aromatic nitrogens is 1. The third-order valence-corrected chi connectivity index (χ3v) is 2.36. The van der Waals surface area contributed by atoms with E-state index in [1.54, 1.807) is 25.9 Å². The number of aryl methyl sites for hydroxylation is 1. The molecule has 1 atom stereocenters. The van der Waals surface area contributed by atoms with E-state index >= 15 is 0 Å². The number of hydrogen-bond acceptors (Lipinski definition) is 2. The zero-order chi connectivity index (χ0) is 11.4. The summed E-state index contributed by atoms with van der Waals surface area (Å²) in [6, 6.07) is 3.74. The van der Waals surface area contributed by atoms with Crippen LogP contribution in [0.25, 0.3) is 0 Å². The zero-order valence-corrected chi connectivity index (χ0v) is 9.47. The SMILES string of the molecule is CC(O)c1cccn1CCC(=O)N(C)C. The maximum atomic E-state index is 11.4. The Hall–Kier alpha value is -1.29. The molecule has 0 aliphatic rings. The molecule has 4 heteroatoms. The quantitative estimate of drug-likeness (QED) is 0.806. The highest BCUT2D eigenvalue weighted by atomic mass is 16.3. The number of rotatable bonds is 4. The fourth-order valence-electron chi connectivity index (χ4n) is 1.45. The zero-order valence-electron chi connectivity index (χ0n) is 9.47. The van der Waals surface area contributed by atoms with Crippen molar-refractivity contribution in [3.05, 3.63) is 24.0 Å². The standard InChI is InChI=1S/C11H18N2O2/c1-9(14)10-5-4-7-13(10)8-6-11(15)12(2)3/h4-5,7,9,14H,6,8H2,1-3H3. The number of aliphatic hydroxyl groups is 1. The minimum atomic E-state index is -0.491. The number of hydrogen-bond donors (Lipinski definition) is 1. The van der Waals surface area contributed by atoms with Gasteiger partial charge in [-0.2, -0.15) is 0 Å². The number of carbonyl (C=O) groups is 1. The van der Waals surface area contributed by atoms with Crippen LogP contribution in [0.4, 0.5) is 0 Å². The van der Waals surface area contributed by atoms with Gasteiger partial charge in [0.25, 0.3) is 0 Å². The molecule has 0 aliphatic carbocycles. The van der Waals surface area contributed by atoms with Gasteiger partial charge >= 0.3 is 0 Å². The van der Waals surface area contributed by atoms with Crippen LogP contribution in [-0.2, 0) is 11.3 Å². The molecule has 1 unspecified atom stereocenters. The van der Waals surface area contributed by atoms with Crippen LogP contribution < -0.4 is 0 Å². The van der Waals surface area contributed by atoms with E-state index in [0.717, 1.165) is 5.69 Å². The first kappa shape index (κ1) is 11.8. The Balaban J connectivity index is 2.58. The lowest BCUT2D eigenvalue weighted by molar-refractivity contribution is -0.128. The van der Waals surface area contributed by atoms with E-state index in [1.807, 2.05) is 22.9 Å². The van der Waals surface area contributed by atoms with E-state index in [2.05, 4.69) is 0 Å². The minimum absolute atomic E-state index is 0.0974. The molecule has 0 saturated carbocycles. The summed E-state index contributed by atoms with van der Waals surface area (Å²) in [6.45, 7) is 2.34. The topological polar surface area (TPSA) is 45.5 Å². The number of carbonyl (C=O) groups excluding carboxylic acids is 1. The summed E-state index contributed by atoms with van der Waals surface area (Å²) in [5, 5.41) is 9.45. The van der Waals surface area contributed by atoms with Gasteiger partial charge in [0.15, 0.2) is 0 Å². The fraction of sp³-hybridized carbons (Fsp3) is 0.545. The van der Waals surface area contributed by atoms with E-state index < -0.39 is 6.10 Å². The van der Waals surface area contributed by atoms with Crippen LogP contribution in [0.3, 0.4) is 0 Å². The molecular formula is C11H18N2O2. The second-order valence-corrected chi connectivity index (χ2v) is 3.84. The van der Waals surface area contributed by atoms with Crippen LogP contribution in [0.2, 0.25) is 0 Å². The summed E-state index contributed by atoms with van der Waals surface area (Å²) in [4.78, 5) is 12.9. The lowest BCUT2D eigenvalue weighted by atomic mass is 10.3. The molecule has 1 aromatic rings. The van der Waals surface area contributed by atoms with Crippen LogP contribution >= 0.6 is 0 Å². The van der Waals surface area contributed by atoms with Crippen LogP contribution in [0, 0.1) is 0 Å². The van der Waals surface area contributed by atoms with Gasteiger partial charge in [0, 0.05) is 39.0 Å². The van der Waals surface area contributed by atoms with Crippen molar-refractivity contribution in [3.63, 3.8) is 0 Å². The molecule has 1 N–H and O–H groups in total. The highest BCUT2D eigenvalue weighted by molar-refractivity contribution is 5.75. The molecule has 1 aromatic heterocycles. The lowest BCUT2D eigenvalue weighted by Gasteiger charge is -2.13. The molecule has 0 saturated heterocycles. The van der Waals surface area contributed by atoms with Crippen LogP contribution in [0.5, 0.6) is 0 Å². The third-order valence-electron chi connectivity index (χ3n) is 2.36. The van der Waals surface area contributed by atoms with Gasteiger partial charge in [-0.05, 0) is 19.1 Å². The van der Waals surface area contributed by atoms with E-state index in [9.17, 15) is 9.90 Å². The van der Waals surface area contributed by atoms with Crippen LogP contribution in [0.1, 0.15) is 25.1 Å². The Bertz CT molecular complexity index is 329. The van der Waals surface area contributed by atoms with Crippen molar-refractivity contribution in [3.8, 4) is 0 Å². The van der Waals surface area contributed by atoms with Crippen molar-refractivity contribution >= 4 is 5.91 Å². The van der Waals surface area contributed by atoms with Crippen molar-refractivity contribution in [2.45, 2.75) is 26.0 Å².